The minimum atomic E-state index is -0.279. The van der Waals surface area contributed by atoms with Gasteiger partial charge in [-0.05, 0) is 47.4 Å². The van der Waals surface area contributed by atoms with Crippen molar-refractivity contribution in [2.75, 3.05) is 32.1 Å². The third-order valence-corrected chi connectivity index (χ3v) is 4.95. The van der Waals surface area contributed by atoms with Gasteiger partial charge >= 0.3 is 0 Å². The van der Waals surface area contributed by atoms with Gasteiger partial charge in [0, 0.05) is 36.1 Å². The lowest BCUT2D eigenvalue weighted by molar-refractivity contribution is 0.0939. The highest BCUT2D eigenvalue weighted by Gasteiger charge is 2.27. The summed E-state index contributed by atoms with van der Waals surface area (Å²) in [4.78, 5) is 26.0. The number of hydrogen-bond acceptors (Lipinski definition) is 6. The number of aromatic nitrogens is 4. The molecule has 1 fully saturated rings. The summed E-state index contributed by atoms with van der Waals surface area (Å²) in [6.07, 6.45) is 1.09. The summed E-state index contributed by atoms with van der Waals surface area (Å²) in [6, 6.07) is 2.41. The Balaban J connectivity index is 1.76. The van der Waals surface area contributed by atoms with E-state index < -0.39 is 0 Å². The second-order valence-electron chi connectivity index (χ2n) is 7.16. The quantitative estimate of drug-likeness (QED) is 0.836. The van der Waals surface area contributed by atoms with Gasteiger partial charge in [-0.25, -0.2) is 9.97 Å². The highest BCUT2D eigenvalue weighted by molar-refractivity contribution is 5.90. The zero-order valence-corrected chi connectivity index (χ0v) is 16.1. The number of carbonyl (C=O) groups excluding carboxylic acids is 1. The zero-order valence-electron chi connectivity index (χ0n) is 16.1. The van der Waals surface area contributed by atoms with Crippen molar-refractivity contribution in [3.05, 3.63) is 34.5 Å². The average molecular weight is 357 g/mol. The number of carbonyl (C=O) groups is 1. The molecule has 3 heterocycles. The molecule has 8 nitrogen and oxygen atoms in total. The summed E-state index contributed by atoms with van der Waals surface area (Å²) in [5.41, 5.74) is 3.62. The molecule has 2 N–H and O–H groups in total. The van der Waals surface area contributed by atoms with Gasteiger partial charge in [-0.3, -0.25) is 9.89 Å². The van der Waals surface area contributed by atoms with E-state index in [1.165, 1.54) is 0 Å². The molecule has 1 aliphatic heterocycles. The predicted octanol–water partition coefficient (Wildman–Crippen LogP) is 1.20. The molecule has 0 aromatic carbocycles. The standard InChI is InChI=1S/C18H27N7O/c1-11-8-14(23-22-11)9-19-18(26)16-20-13(3)12(2)17(21-16)25-7-6-15(10-25)24(4)5/h8,15H,6-7,9-10H2,1-5H3,(H,19,26)(H,22,23)/t15-/m1/s1. The molecule has 0 spiro atoms. The van der Waals surface area contributed by atoms with E-state index in [0.717, 1.165) is 48.0 Å². The average Bonchev–Trinajstić information content (AvgIpc) is 3.24. The Morgan fingerprint density at radius 3 is 2.73 bits per heavy atom. The lowest BCUT2D eigenvalue weighted by atomic mass is 10.2. The van der Waals surface area contributed by atoms with Crippen molar-refractivity contribution < 1.29 is 4.79 Å². The van der Waals surface area contributed by atoms with Gasteiger partial charge in [0.2, 0.25) is 5.82 Å². The monoisotopic (exact) mass is 357 g/mol. The van der Waals surface area contributed by atoms with Crippen molar-refractivity contribution in [1.29, 1.82) is 0 Å². The largest absolute Gasteiger partial charge is 0.355 e. The second kappa shape index (κ2) is 7.41. The summed E-state index contributed by atoms with van der Waals surface area (Å²) in [7, 11) is 4.20. The first-order chi connectivity index (χ1) is 12.3. The first-order valence-corrected chi connectivity index (χ1v) is 8.91. The van der Waals surface area contributed by atoms with Crippen molar-refractivity contribution >= 4 is 11.7 Å². The van der Waals surface area contributed by atoms with Gasteiger partial charge in [0.15, 0.2) is 0 Å². The number of nitrogens with zero attached hydrogens (tertiary/aromatic N) is 5. The highest BCUT2D eigenvalue weighted by atomic mass is 16.2. The van der Waals surface area contributed by atoms with Crippen LogP contribution in [0.4, 0.5) is 5.82 Å². The number of nitrogens with one attached hydrogen (secondary N) is 2. The molecule has 0 radical (unpaired) electrons. The Morgan fingerprint density at radius 1 is 1.35 bits per heavy atom. The molecule has 0 saturated carbocycles. The molecule has 0 unspecified atom stereocenters. The Labute approximate surface area is 154 Å². The van der Waals surface area contributed by atoms with Gasteiger partial charge in [-0.15, -0.1) is 0 Å². The predicted molar refractivity (Wildman–Crippen MR) is 100 cm³/mol. The molecule has 1 amide bonds. The number of likely N-dealkylation sites (N-methyl/N-ethyl adjacent to an activating group) is 1. The van der Waals surface area contributed by atoms with Crippen LogP contribution in [0.2, 0.25) is 0 Å². The van der Waals surface area contributed by atoms with Crippen LogP contribution in [0.5, 0.6) is 0 Å². The molecule has 0 aliphatic carbocycles. The van der Waals surface area contributed by atoms with Crippen molar-refractivity contribution in [1.82, 2.24) is 30.4 Å². The number of hydrogen-bond donors (Lipinski definition) is 2. The number of rotatable bonds is 5. The van der Waals surface area contributed by atoms with Gasteiger partial charge in [-0.2, -0.15) is 5.10 Å². The van der Waals surface area contributed by atoms with E-state index in [4.69, 9.17) is 0 Å². The van der Waals surface area contributed by atoms with E-state index >= 15 is 0 Å². The van der Waals surface area contributed by atoms with E-state index in [2.05, 4.69) is 49.4 Å². The molecular formula is C18H27N7O. The Kier molecular flexibility index (Phi) is 5.22. The van der Waals surface area contributed by atoms with Crippen molar-refractivity contribution in [2.45, 2.75) is 39.8 Å². The maximum absolute atomic E-state index is 12.5. The number of aromatic amines is 1. The molecule has 1 saturated heterocycles. The van der Waals surface area contributed by atoms with Gasteiger partial charge in [0.05, 0.1) is 12.2 Å². The van der Waals surface area contributed by atoms with Crippen molar-refractivity contribution in [3.8, 4) is 0 Å². The van der Waals surface area contributed by atoms with E-state index in [1.54, 1.807) is 0 Å². The molecule has 1 aliphatic rings. The van der Waals surface area contributed by atoms with Crippen LogP contribution in [-0.2, 0) is 6.54 Å². The molecule has 1 atom stereocenters. The topological polar surface area (TPSA) is 90.0 Å². The third-order valence-electron chi connectivity index (χ3n) is 4.95. The molecule has 0 bridgehead atoms. The van der Waals surface area contributed by atoms with Gasteiger partial charge in [-0.1, -0.05) is 0 Å². The number of aryl methyl sites for hydroxylation is 2. The molecule has 140 valence electrons. The Bertz CT molecular complexity index is 799. The fraction of sp³-hybridized carbons (Fsp3) is 0.556. The summed E-state index contributed by atoms with van der Waals surface area (Å²) < 4.78 is 0. The minimum absolute atomic E-state index is 0.212. The van der Waals surface area contributed by atoms with Crippen LogP contribution in [0, 0.1) is 20.8 Å². The van der Waals surface area contributed by atoms with Gasteiger partial charge in [0.1, 0.15) is 5.82 Å². The van der Waals surface area contributed by atoms with E-state index in [1.807, 2.05) is 26.8 Å². The van der Waals surface area contributed by atoms with Gasteiger partial charge < -0.3 is 15.1 Å². The number of H-pyrrole nitrogens is 1. The number of amides is 1. The van der Waals surface area contributed by atoms with Crippen LogP contribution in [0.15, 0.2) is 6.07 Å². The fourth-order valence-corrected chi connectivity index (χ4v) is 3.19. The second-order valence-corrected chi connectivity index (χ2v) is 7.16. The first kappa shape index (κ1) is 18.3. The summed E-state index contributed by atoms with van der Waals surface area (Å²) in [5, 5.41) is 9.84. The van der Waals surface area contributed by atoms with Crippen LogP contribution in [0.25, 0.3) is 0 Å². The third kappa shape index (κ3) is 3.85. The maximum Gasteiger partial charge on any atom is 0.289 e. The van der Waals surface area contributed by atoms with Crippen LogP contribution in [-0.4, -0.2) is 64.2 Å². The minimum Gasteiger partial charge on any atom is -0.355 e. The van der Waals surface area contributed by atoms with E-state index in [0.29, 0.717) is 12.6 Å². The SMILES string of the molecule is Cc1cc(CNC(=O)c2nc(C)c(C)c(N3CC[C@@H](N(C)C)C3)n2)n[nH]1. The van der Waals surface area contributed by atoms with Crippen LogP contribution in [0.1, 0.15) is 39.7 Å². The Morgan fingerprint density at radius 2 is 2.12 bits per heavy atom. The molecule has 26 heavy (non-hydrogen) atoms. The van der Waals surface area contributed by atoms with Crippen LogP contribution >= 0.6 is 0 Å². The summed E-state index contributed by atoms with van der Waals surface area (Å²) in [5.74, 6) is 0.796. The first-order valence-electron chi connectivity index (χ1n) is 8.91. The fourth-order valence-electron chi connectivity index (χ4n) is 3.19. The smallest absolute Gasteiger partial charge is 0.289 e. The normalized spacial score (nSPS) is 17.2. The van der Waals surface area contributed by atoms with E-state index in [-0.39, 0.29) is 11.7 Å². The van der Waals surface area contributed by atoms with Gasteiger partial charge in [0.25, 0.3) is 5.91 Å². The van der Waals surface area contributed by atoms with E-state index in [9.17, 15) is 4.79 Å². The highest BCUT2D eigenvalue weighted by Crippen LogP contribution is 2.25. The maximum atomic E-state index is 12.5. The molecule has 2 aromatic rings. The summed E-state index contributed by atoms with van der Waals surface area (Å²) in [6.45, 7) is 8.07. The van der Waals surface area contributed by atoms with Crippen molar-refractivity contribution in [3.63, 3.8) is 0 Å². The Hall–Kier alpha value is -2.48. The van der Waals surface area contributed by atoms with Crippen LogP contribution < -0.4 is 10.2 Å². The number of anilines is 1. The lowest BCUT2D eigenvalue weighted by Gasteiger charge is -2.23. The lowest BCUT2D eigenvalue weighted by Crippen LogP contribution is -2.33. The summed E-state index contributed by atoms with van der Waals surface area (Å²) >= 11 is 0. The van der Waals surface area contributed by atoms with Crippen LogP contribution in [0.3, 0.4) is 0 Å². The molecule has 2 aromatic heterocycles. The zero-order chi connectivity index (χ0) is 18.8. The molecule has 8 heteroatoms. The van der Waals surface area contributed by atoms with Crippen molar-refractivity contribution in [2.24, 2.45) is 0 Å². The molecule has 3 rings (SSSR count). The molecular weight excluding hydrogens is 330 g/mol.